The highest BCUT2D eigenvalue weighted by Crippen LogP contribution is 2.19. The van der Waals surface area contributed by atoms with Gasteiger partial charge in [0.25, 0.3) is 11.8 Å². The van der Waals surface area contributed by atoms with Crippen molar-refractivity contribution >= 4 is 17.5 Å². The predicted octanol–water partition coefficient (Wildman–Crippen LogP) is -0.184. The molecule has 3 rings (SSSR count). The van der Waals surface area contributed by atoms with Crippen LogP contribution in [0.25, 0.3) is 0 Å². The van der Waals surface area contributed by atoms with Crippen LogP contribution in [0.1, 0.15) is 43.7 Å². The summed E-state index contributed by atoms with van der Waals surface area (Å²) in [5.41, 5.74) is 3.24. The third-order valence-electron chi connectivity index (χ3n) is 6.77. The number of anilines is 1. The van der Waals surface area contributed by atoms with Crippen LogP contribution < -0.4 is 15.1 Å². The van der Waals surface area contributed by atoms with Gasteiger partial charge in [-0.1, -0.05) is 19.1 Å². The average Bonchev–Trinajstić information content (AvgIpc) is 2.72. The predicted molar refractivity (Wildman–Crippen MR) is 115 cm³/mol. The molecule has 2 fully saturated rings. The van der Waals surface area contributed by atoms with Gasteiger partial charge in [0, 0.05) is 18.3 Å². The van der Waals surface area contributed by atoms with Crippen LogP contribution in [0.2, 0.25) is 0 Å². The number of likely N-dealkylation sites (tertiary alicyclic amines) is 1. The monoisotopic (exact) mass is 402 g/mol. The number of quaternary nitrogens is 2. The number of aryl methyl sites for hydroxylation is 1. The minimum Gasteiger partial charge on any atom is -0.335 e. The van der Waals surface area contributed by atoms with Crippen molar-refractivity contribution < 1.29 is 19.4 Å². The van der Waals surface area contributed by atoms with E-state index in [0.717, 1.165) is 63.2 Å². The van der Waals surface area contributed by atoms with E-state index in [9.17, 15) is 9.59 Å². The summed E-state index contributed by atoms with van der Waals surface area (Å²) in [6.45, 7) is 12.1. The fourth-order valence-electron chi connectivity index (χ4n) is 4.69. The zero-order valence-electron chi connectivity index (χ0n) is 18.4. The minimum atomic E-state index is 0.0762. The Morgan fingerprint density at radius 2 is 1.76 bits per heavy atom. The molecule has 0 unspecified atom stereocenters. The average molecular weight is 403 g/mol. The Balaban J connectivity index is 1.42. The van der Waals surface area contributed by atoms with Crippen LogP contribution in [0, 0.1) is 13.8 Å². The molecule has 2 saturated heterocycles. The molecule has 1 aromatic carbocycles. The van der Waals surface area contributed by atoms with Crippen LogP contribution in [-0.4, -0.2) is 68.6 Å². The minimum absolute atomic E-state index is 0.0762. The molecule has 2 amide bonds. The van der Waals surface area contributed by atoms with Gasteiger partial charge in [0.1, 0.15) is 26.2 Å². The second-order valence-corrected chi connectivity index (χ2v) is 8.79. The number of carbonyl (C=O) groups is 2. The van der Waals surface area contributed by atoms with Gasteiger partial charge in [0.2, 0.25) is 0 Å². The third-order valence-corrected chi connectivity index (χ3v) is 6.77. The molecule has 0 spiro atoms. The first-order valence-corrected chi connectivity index (χ1v) is 11.3. The number of benzene rings is 1. The van der Waals surface area contributed by atoms with Gasteiger partial charge in [-0.15, -0.1) is 0 Å². The standard InChI is InChI=1S/C23H36N4O2/c1-4-20-9-5-6-11-27(20)23(29)17-26-14-12-25(13-15-26)16-22(28)24-21-10-7-8-18(2)19(21)3/h7-8,10,20H,4-6,9,11-17H2,1-3H3,(H,24,28)/p+2/t20-/m1/s1. The molecule has 0 aromatic heterocycles. The fourth-order valence-corrected chi connectivity index (χ4v) is 4.69. The Morgan fingerprint density at radius 1 is 1.07 bits per heavy atom. The molecule has 2 aliphatic heterocycles. The number of hydrogen-bond acceptors (Lipinski definition) is 2. The molecule has 6 heteroatoms. The number of nitrogens with zero attached hydrogens (tertiary/aromatic N) is 1. The maximum atomic E-state index is 12.8. The number of rotatable bonds is 6. The number of piperazine rings is 1. The first-order chi connectivity index (χ1) is 14.0. The summed E-state index contributed by atoms with van der Waals surface area (Å²) in [4.78, 5) is 30.1. The summed E-state index contributed by atoms with van der Waals surface area (Å²) < 4.78 is 0. The molecule has 0 saturated carbocycles. The Hall–Kier alpha value is -1.92. The molecule has 2 aliphatic rings. The third kappa shape index (κ3) is 5.80. The molecular formula is C23H38N4O2+2. The Morgan fingerprint density at radius 3 is 2.45 bits per heavy atom. The van der Waals surface area contributed by atoms with Crippen LogP contribution in [-0.2, 0) is 9.59 Å². The highest BCUT2D eigenvalue weighted by molar-refractivity contribution is 5.92. The van der Waals surface area contributed by atoms with Crippen LogP contribution in [0.4, 0.5) is 5.69 Å². The van der Waals surface area contributed by atoms with Crippen molar-refractivity contribution in [1.82, 2.24) is 4.90 Å². The van der Waals surface area contributed by atoms with Gasteiger partial charge < -0.3 is 20.0 Å². The number of carbonyl (C=O) groups excluding carboxylic acids is 2. The second kappa shape index (κ2) is 10.2. The summed E-state index contributed by atoms with van der Waals surface area (Å²) in [5, 5.41) is 3.07. The molecule has 29 heavy (non-hydrogen) atoms. The highest BCUT2D eigenvalue weighted by Gasteiger charge is 2.31. The first kappa shape index (κ1) is 21.8. The van der Waals surface area contributed by atoms with Crippen molar-refractivity contribution in [3.05, 3.63) is 29.3 Å². The lowest BCUT2D eigenvalue weighted by molar-refractivity contribution is -1.00. The first-order valence-electron chi connectivity index (χ1n) is 11.3. The normalized spacial score (nSPS) is 24.9. The van der Waals surface area contributed by atoms with Crippen molar-refractivity contribution in [2.75, 3.05) is 51.1 Å². The molecule has 1 atom stereocenters. The van der Waals surface area contributed by atoms with E-state index in [1.54, 1.807) is 0 Å². The second-order valence-electron chi connectivity index (χ2n) is 8.79. The van der Waals surface area contributed by atoms with Crippen molar-refractivity contribution in [2.45, 2.75) is 52.5 Å². The van der Waals surface area contributed by atoms with E-state index in [-0.39, 0.29) is 5.91 Å². The highest BCUT2D eigenvalue weighted by atomic mass is 16.2. The van der Waals surface area contributed by atoms with Gasteiger partial charge in [-0.05, 0) is 56.7 Å². The molecule has 0 aliphatic carbocycles. The van der Waals surface area contributed by atoms with Gasteiger partial charge in [-0.3, -0.25) is 9.59 Å². The topological polar surface area (TPSA) is 58.3 Å². The van der Waals surface area contributed by atoms with E-state index in [1.165, 1.54) is 21.8 Å². The number of piperidine rings is 1. The summed E-state index contributed by atoms with van der Waals surface area (Å²) in [6, 6.07) is 6.45. The van der Waals surface area contributed by atoms with Crippen molar-refractivity contribution in [1.29, 1.82) is 0 Å². The molecule has 160 valence electrons. The zero-order valence-corrected chi connectivity index (χ0v) is 18.4. The van der Waals surface area contributed by atoms with Crippen LogP contribution >= 0.6 is 0 Å². The van der Waals surface area contributed by atoms with Crippen molar-refractivity contribution in [3.63, 3.8) is 0 Å². The molecule has 3 N–H and O–H groups in total. The zero-order chi connectivity index (χ0) is 20.8. The van der Waals surface area contributed by atoms with Gasteiger partial charge in [0.15, 0.2) is 13.1 Å². The Kier molecular flexibility index (Phi) is 7.67. The number of hydrogen-bond donors (Lipinski definition) is 3. The van der Waals surface area contributed by atoms with Crippen LogP contribution in [0.15, 0.2) is 18.2 Å². The van der Waals surface area contributed by atoms with Gasteiger partial charge in [-0.25, -0.2) is 0 Å². The SMILES string of the molecule is CC[C@@H]1CCCCN1C(=O)C[NH+]1CC[NH+](CC(=O)Nc2cccc(C)c2C)CC1. The van der Waals surface area contributed by atoms with Crippen molar-refractivity contribution in [3.8, 4) is 0 Å². The van der Waals surface area contributed by atoms with Gasteiger partial charge in [-0.2, -0.15) is 0 Å². The van der Waals surface area contributed by atoms with E-state index in [4.69, 9.17) is 0 Å². The smallest absolute Gasteiger partial charge is 0.279 e. The maximum Gasteiger partial charge on any atom is 0.279 e. The summed E-state index contributed by atoms with van der Waals surface area (Å²) in [6.07, 6.45) is 4.62. The number of nitrogens with one attached hydrogen (secondary N) is 3. The van der Waals surface area contributed by atoms with Crippen LogP contribution in [0.5, 0.6) is 0 Å². The lowest BCUT2D eigenvalue weighted by atomic mass is 10.00. The van der Waals surface area contributed by atoms with Gasteiger partial charge in [0.05, 0.1) is 0 Å². The molecular weight excluding hydrogens is 364 g/mol. The quantitative estimate of drug-likeness (QED) is 0.618. The Labute approximate surface area is 175 Å². The van der Waals surface area contributed by atoms with E-state index in [1.807, 2.05) is 19.1 Å². The fraction of sp³-hybridized carbons (Fsp3) is 0.652. The van der Waals surface area contributed by atoms with Crippen molar-refractivity contribution in [2.24, 2.45) is 0 Å². The lowest BCUT2D eigenvalue weighted by Gasteiger charge is -2.36. The lowest BCUT2D eigenvalue weighted by Crippen LogP contribution is -3.28. The van der Waals surface area contributed by atoms with Crippen LogP contribution in [0.3, 0.4) is 0 Å². The summed E-state index contributed by atoms with van der Waals surface area (Å²) in [7, 11) is 0. The van der Waals surface area contributed by atoms with E-state index in [2.05, 4.69) is 30.1 Å². The molecule has 6 nitrogen and oxygen atoms in total. The molecule has 1 aromatic rings. The largest absolute Gasteiger partial charge is 0.335 e. The van der Waals surface area contributed by atoms with Gasteiger partial charge >= 0.3 is 0 Å². The Bertz CT molecular complexity index is 713. The molecule has 0 radical (unpaired) electrons. The molecule has 2 heterocycles. The summed E-state index contributed by atoms with van der Waals surface area (Å²) in [5.74, 6) is 0.398. The van der Waals surface area contributed by atoms with E-state index >= 15 is 0 Å². The molecule has 0 bridgehead atoms. The summed E-state index contributed by atoms with van der Waals surface area (Å²) >= 11 is 0. The van der Waals surface area contributed by atoms with E-state index in [0.29, 0.717) is 25.0 Å². The van der Waals surface area contributed by atoms with E-state index < -0.39 is 0 Å². The maximum absolute atomic E-state index is 12.8. The number of amides is 2.